The fraction of sp³-hybridized carbons (Fsp3) is 0.200. The summed E-state index contributed by atoms with van der Waals surface area (Å²) in [5, 5.41) is 11.8. The maximum Gasteiger partial charge on any atom is 0.350 e. The van der Waals surface area contributed by atoms with Gasteiger partial charge in [0.05, 0.1) is 17.2 Å². The third kappa shape index (κ3) is 5.34. The number of hydrogen-bond donors (Lipinski definition) is 2. The van der Waals surface area contributed by atoms with Gasteiger partial charge < -0.3 is 10.1 Å². The Morgan fingerprint density at radius 2 is 1.86 bits per heavy atom. The molecule has 0 heterocycles. The first kappa shape index (κ1) is 21.0. The number of carbonyl (C=O) groups is 1. The molecule has 2 N–H and O–H groups in total. The number of nitriles is 1. The van der Waals surface area contributed by atoms with Crippen LogP contribution in [0.15, 0.2) is 59.1 Å². The van der Waals surface area contributed by atoms with Gasteiger partial charge in [-0.1, -0.05) is 17.7 Å². The first-order valence-electron chi connectivity index (χ1n) is 8.51. The lowest BCUT2D eigenvalue weighted by Gasteiger charge is -2.11. The lowest BCUT2D eigenvalue weighted by molar-refractivity contribution is -0.138. The van der Waals surface area contributed by atoms with Crippen molar-refractivity contribution in [3.8, 4) is 6.07 Å². The molecule has 2 rings (SSSR count). The third-order valence-electron chi connectivity index (χ3n) is 3.79. The molecule has 7 nitrogen and oxygen atoms in total. The van der Waals surface area contributed by atoms with E-state index in [2.05, 4.69) is 10.0 Å². The van der Waals surface area contributed by atoms with Crippen LogP contribution in [0.4, 0.5) is 11.4 Å². The predicted octanol–water partition coefficient (Wildman–Crippen LogP) is 3.49. The number of rotatable bonds is 7. The Bertz CT molecular complexity index is 1040. The molecule has 0 saturated heterocycles. The van der Waals surface area contributed by atoms with Crippen LogP contribution >= 0.6 is 0 Å². The van der Waals surface area contributed by atoms with Gasteiger partial charge in [-0.15, -0.1) is 0 Å². The molecule has 0 aliphatic carbocycles. The van der Waals surface area contributed by atoms with Crippen molar-refractivity contribution in [1.82, 2.24) is 0 Å². The molecular formula is C20H21N3O4S. The summed E-state index contributed by atoms with van der Waals surface area (Å²) >= 11 is 0. The zero-order chi connectivity index (χ0) is 20.7. The smallest absolute Gasteiger partial charge is 0.350 e. The van der Waals surface area contributed by atoms with E-state index in [1.807, 2.05) is 26.0 Å². The molecule has 8 heteroatoms. The minimum Gasteiger partial charge on any atom is -0.462 e. The van der Waals surface area contributed by atoms with E-state index in [0.29, 0.717) is 11.4 Å². The van der Waals surface area contributed by atoms with Gasteiger partial charge in [0.15, 0.2) is 5.57 Å². The fourth-order valence-corrected chi connectivity index (χ4v) is 3.49. The van der Waals surface area contributed by atoms with Gasteiger partial charge in [-0.25, -0.2) is 13.2 Å². The zero-order valence-electron chi connectivity index (χ0n) is 15.8. The zero-order valence-corrected chi connectivity index (χ0v) is 16.6. The quantitative estimate of drug-likeness (QED) is 0.419. The van der Waals surface area contributed by atoms with Crippen molar-refractivity contribution in [3.05, 3.63) is 65.4 Å². The molecular weight excluding hydrogens is 378 g/mol. The molecule has 0 aliphatic heterocycles. The summed E-state index contributed by atoms with van der Waals surface area (Å²) in [5.41, 5.74) is 2.72. The molecule has 0 radical (unpaired) electrons. The Kier molecular flexibility index (Phi) is 6.79. The Hall–Kier alpha value is -3.31. The number of esters is 1. The van der Waals surface area contributed by atoms with Crippen LogP contribution in [0.25, 0.3) is 0 Å². The van der Waals surface area contributed by atoms with Gasteiger partial charge in [0.25, 0.3) is 10.0 Å². The summed E-state index contributed by atoms with van der Waals surface area (Å²) in [4.78, 5) is 11.7. The van der Waals surface area contributed by atoms with Crippen LogP contribution < -0.4 is 10.0 Å². The Balaban J connectivity index is 2.15. The second-order valence-electron chi connectivity index (χ2n) is 5.98. The SMILES string of the molecule is CCOC(=O)/C(C#N)=C/Nc1ccc(S(=O)(=O)Nc2ccc(C)cc2C)cc1. The molecule has 0 saturated carbocycles. The monoisotopic (exact) mass is 399 g/mol. The molecule has 0 fully saturated rings. The van der Waals surface area contributed by atoms with Crippen LogP contribution in [0.3, 0.4) is 0 Å². The van der Waals surface area contributed by atoms with Crippen molar-refractivity contribution in [2.45, 2.75) is 25.7 Å². The largest absolute Gasteiger partial charge is 0.462 e. The maximum atomic E-state index is 12.6. The molecule has 0 bridgehead atoms. The van der Waals surface area contributed by atoms with Crippen LogP contribution in [0.5, 0.6) is 0 Å². The van der Waals surface area contributed by atoms with Crippen LogP contribution in [-0.2, 0) is 19.6 Å². The highest BCUT2D eigenvalue weighted by atomic mass is 32.2. The molecule has 28 heavy (non-hydrogen) atoms. The number of carbonyl (C=O) groups excluding carboxylic acids is 1. The first-order valence-corrected chi connectivity index (χ1v) is 9.99. The van der Waals surface area contributed by atoms with Crippen molar-refractivity contribution in [2.24, 2.45) is 0 Å². The third-order valence-corrected chi connectivity index (χ3v) is 5.17. The van der Waals surface area contributed by atoms with Gasteiger partial charge in [0.2, 0.25) is 0 Å². The predicted molar refractivity (Wildman–Crippen MR) is 107 cm³/mol. The molecule has 0 atom stereocenters. The summed E-state index contributed by atoms with van der Waals surface area (Å²) in [6.45, 7) is 5.58. The topological polar surface area (TPSA) is 108 Å². The summed E-state index contributed by atoms with van der Waals surface area (Å²) in [7, 11) is -3.74. The Morgan fingerprint density at radius 1 is 1.18 bits per heavy atom. The van der Waals surface area contributed by atoms with Crippen molar-refractivity contribution in [2.75, 3.05) is 16.6 Å². The molecule has 0 unspecified atom stereocenters. The standard InChI is InChI=1S/C20H21N3O4S/c1-4-27-20(24)16(12-21)13-22-17-6-8-18(9-7-17)28(25,26)23-19-10-5-14(2)11-15(19)3/h5-11,13,22-23H,4H2,1-3H3/b16-13+. The summed E-state index contributed by atoms with van der Waals surface area (Å²) in [6.07, 6.45) is 1.22. The van der Waals surface area contributed by atoms with Crippen molar-refractivity contribution < 1.29 is 17.9 Å². The van der Waals surface area contributed by atoms with E-state index in [-0.39, 0.29) is 17.1 Å². The molecule has 0 spiro atoms. The highest BCUT2D eigenvalue weighted by Crippen LogP contribution is 2.22. The molecule has 0 aromatic heterocycles. The number of anilines is 2. The maximum absolute atomic E-state index is 12.6. The van der Waals surface area contributed by atoms with Crippen molar-refractivity contribution >= 4 is 27.4 Å². The van der Waals surface area contributed by atoms with E-state index in [4.69, 9.17) is 10.00 Å². The number of ether oxygens (including phenoxy) is 1. The number of sulfonamides is 1. The van der Waals surface area contributed by atoms with E-state index >= 15 is 0 Å². The summed E-state index contributed by atoms with van der Waals surface area (Å²) in [5.74, 6) is -0.727. The van der Waals surface area contributed by atoms with E-state index in [1.54, 1.807) is 19.1 Å². The molecule has 2 aromatic rings. The number of aryl methyl sites for hydroxylation is 2. The Labute approximate surface area is 164 Å². The highest BCUT2D eigenvalue weighted by molar-refractivity contribution is 7.92. The van der Waals surface area contributed by atoms with Crippen LogP contribution in [-0.4, -0.2) is 21.0 Å². The normalized spacial score (nSPS) is 11.4. The van der Waals surface area contributed by atoms with E-state index in [0.717, 1.165) is 11.1 Å². The number of benzene rings is 2. The van der Waals surface area contributed by atoms with Gasteiger partial charge in [-0.3, -0.25) is 4.72 Å². The lowest BCUT2D eigenvalue weighted by Crippen LogP contribution is -2.13. The van der Waals surface area contributed by atoms with Crippen LogP contribution in [0, 0.1) is 25.2 Å². The lowest BCUT2D eigenvalue weighted by atomic mass is 10.1. The number of hydrogen-bond acceptors (Lipinski definition) is 6. The average molecular weight is 399 g/mol. The van der Waals surface area contributed by atoms with Gasteiger partial charge >= 0.3 is 5.97 Å². The first-order chi connectivity index (χ1) is 13.3. The summed E-state index contributed by atoms with van der Waals surface area (Å²) in [6, 6.07) is 13.1. The molecule has 0 aliphatic rings. The van der Waals surface area contributed by atoms with E-state index in [9.17, 15) is 13.2 Å². The molecule has 146 valence electrons. The van der Waals surface area contributed by atoms with E-state index in [1.165, 1.54) is 30.5 Å². The van der Waals surface area contributed by atoms with Crippen molar-refractivity contribution in [3.63, 3.8) is 0 Å². The molecule has 2 aromatic carbocycles. The highest BCUT2D eigenvalue weighted by Gasteiger charge is 2.15. The number of nitrogens with zero attached hydrogens (tertiary/aromatic N) is 1. The second-order valence-corrected chi connectivity index (χ2v) is 7.67. The second kappa shape index (κ2) is 9.06. The van der Waals surface area contributed by atoms with Crippen molar-refractivity contribution in [1.29, 1.82) is 5.26 Å². The van der Waals surface area contributed by atoms with Gasteiger partial charge in [0.1, 0.15) is 6.07 Å². The van der Waals surface area contributed by atoms with Crippen LogP contribution in [0.1, 0.15) is 18.1 Å². The summed E-state index contributed by atoms with van der Waals surface area (Å²) < 4.78 is 32.5. The van der Waals surface area contributed by atoms with Gasteiger partial charge in [-0.05, 0) is 56.7 Å². The van der Waals surface area contributed by atoms with Crippen LogP contribution in [0.2, 0.25) is 0 Å². The fourth-order valence-electron chi connectivity index (χ4n) is 2.36. The molecule has 0 amide bonds. The van der Waals surface area contributed by atoms with E-state index < -0.39 is 16.0 Å². The minimum absolute atomic E-state index is 0.0907. The Morgan fingerprint density at radius 3 is 2.43 bits per heavy atom. The van der Waals surface area contributed by atoms with Gasteiger partial charge in [-0.2, -0.15) is 5.26 Å². The minimum atomic E-state index is -3.74. The van der Waals surface area contributed by atoms with Gasteiger partial charge in [0, 0.05) is 11.9 Å². The number of nitrogens with one attached hydrogen (secondary N) is 2. The average Bonchev–Trinajstić information content (AvgIpc) is 2.65.